The first kappa shape index (κ1) is 17.4. The van der Waals surface area contributed by atoms with Crippen LogP contribution in [0.2, 0.25) is 0 Å². The first-order valence-corrected chi connectivity index (χ1v) is 9.65. The average Bonchev–Trinajstić information content (AvgIpc) is 3.27. The number of hydrogen-bond acceptors (Lipinski definition) is 5. The smallest absolute Gasteiger partial charge is 0.246 e. The van der Waals surface area contributed by atoms with E-state index in [1.165, 1.54) is 11.3 Å². The summed E-state index contributed by atoms with van der Waals surface area (Å²) in [6.45, 7) is 2.20. The van der Waals surface area contributed by atoms with Gasteiger partial charge in [0.15, 0.2) is 0 Å². The summed E-state index contributed by atoms with van der Waals surface area (Å²) in [5, 5.41) is 12.4. The van der Waals surface area contributed by atoms with E-state index in [0.717, 1.165) is 33.8 Å². The zero-order chi connectivity index (χ0) is 18.6. The van der Waals surface area contributed by atoms with Crippen LogP contribution >= 0.6 is 11.3 Å². The summed E-state index contributed by atoms with van der Waals surface area (Å²) in [6, 6.07) is 18.0. The van der Waals surface area contributed by atoms with Gasteiger partial charge in [-0.25, -0.2) is 4.98 Å². The minimum atomic E-state index is -0.133. The van der Waals surface area contributed by atoms with Crippen molar-refractivity contribution in [3.63, 3.8) is 0 Å². The third-order valence-corrected chi connectivity index (χ3v) is 5.24. The number of nitrogens with one attached hydrogen (secondary N) is 1. The Kier molecular flexibility index (Phi) is 4.93. The second-order valence-electron chi connectivity index (χ2n) is 6.17. The molecule has 1 amide bonds. The molecule has 4 aromatic rings. The van der Waals surface area contributed by atoms with Crippen molar-refractivity contribution in [2.75, 3.05) is 5.32 Å². The maximum absolute atomic E-state index is 12.6. The molecule has 0 saturated carbocycles. The van der Waals surface area contributed by atoms with Gasteiger partial charge in [0.2, 0.25) is 11.0 Å². The van der Waals surface area contributed by atoms with Crippen molar-refractivity contribution >= 4 is 33.4 Å². The Bertz CT molecular complexity index is 1070. The van der Waals surface area contributed by atoms with Gasteiger partial charge in [-0.1, -0.05) is 60.7 Å². The molecule has 0 unspecified atom stereocenters. The highest BCUT2D eigenvalue weighted by Gasteiger charge is 2.15. The zero-order valence-electron chi connectivity index (χ0n) is 14.9. The zero-order valence-corrected chi connectivity index (χ0v) is 15.7. The van der Waals surface area contributed by atoms with E-state index in [2.05, 4.69) is 27.6 Å². The van der Waals surface area contributed by atoms with Crippen molar-refractivity contribution in [3.05, 3.63) is 71.0 Å². The predicted octanol–water partition coefficient (Wildman–Crippen LogP) is 3.68. The Hall–Kier alpha value is -3.06. The molecule has 6 nitrogen and oxygen atoms in total. The first-order valence-electron chi connectivity index (χ1n) is 8.83. The molecule has 2 heterocycles. The number of fused-ring (bicyclic) bond motifs is 1. The monoisotopic (exact) mass is 377 g/mol. The highest BCUT2D eigenvalue weighted by molar-refractivity contribution is 7.15. The van der Waals surface area contributed by atoms with E-state index in [1.54, 1.807) is 0 Å². The third kappa shape index (κ3) is 3.88. The van der Waals surface area contributed by atoms with E-state index < -0.39 is 0 Å². The van der Waals surface area contributed by atoms with Gasteiger partial charge in [0.05, 0.1) is 11.0 Å². The Labute approximate surface area is 160 Å². The second kappa shape index (κ2) is 7.67. The van der Waals surface area contributed by atoms with Gasteiger partial charge in [0.25, 0.3) is 0 Å². The Morgan fingerprint density at radius 2 is 1.85 bits per heavy atom. The van der Waals surface area contributed by atoms with Crippen LogP contribution in [-0.4, -0.2) is 25.7 Å². The Balaban J connectivity index is 1.61. The topological polar surface area (TPSA) is 72.7 Å². The van der Waals surface area contributed by atoms with E-state index >= 15 is 0 Å². The number of imidazole rings is 1. The normalized spacial score (nSPS) is 11.0. The molecule has 0 fully saturated rings. The van der Waals surface area contributed by atoms with Crippen molar-refractivity contribution < 1.29 is 4.79 Å². The summed E-state index contributed by atoms with van der Waals surface area (Å²) in [6.07, 6.45) is 1.47. The number of benzene rings is 2. The number of aromatic nitrogens is 4. The molecule has 1 N–H and O–H groups in total. The van der Waals surface area contributed by atoms with Crippen LogP contribution < -0.4 is 5.32 Å². The number of para-hydroxylation sites is 2. The lowest BCUT2D eigenvalue weighted by Gasteiger charge is -2.09. The number of aryl methyl sites for hydroxylation is 1. The molecule has 0 aliphatic heterocycles. The van der Waals surface area contributed by atoms with Crippen molar-refractivity contribution in [2.24, 2.45) is 0 Å². The molecular weight excluding hydrogens is 358 g/mol. The lowest BCUT2D eigenvalue weighted by atomic mass is 10.1. The van der Waals surface area contributed by atoms with E-state index in [1.807, 2.05) is 54.0 Å². The van der Waals surface area contributed by atoms with Crippen LogP contribution in [0.25, 0.3) is 11.0 Å². The molecule has 0 aliphatic carbocycles. The van der Waals surface area contributed by atoms with E-state index in [0.29, 0.717) is 11.6 Å². The number of amides is 1. The molecule has 27 heavy (non-hydrogen) atoms. The first-order chi connectivity index (χ1) is 13.2. The molecule has 136 valence electrons. The Morgan fingerprint density at radius 1 is 1.07 bits per heavy atom. The van der Waals surface area contributed by atoms with Gasteiger partial charge in [0, 0.05) is 6.42 Å². The molecule has 0 bridgehead atoms. The highest BCUT2D eigenvalue weighted by atomic mass is 32.1. The van der Waals surface area contributed by atoms with Gasteiger partial charge in [-0.05, 0) is 24.1 Å². The standard InChI is InChI=1S/C20H19N5OS/c1-2-19-23-24-20(27-19)22-18(26)13-25-16-11-7-6-10-15(16)21-17(25)12-14-8-4-3-5-9-14/h3-11H,2,12-13H2,1H3,(H,22,24,26). The van der Waals surface area contributed by atoms with E-state index in [9.17, 15) is 4.79 Å². The summed E-state index contributed by atoms with van der Waals surface area (Å²) in [5.41, 5.74) is 3.00. The number of nitrogens with zero attached hydrogens (tertiary/aromatic N) is 4. The number of hydrogen-bond donors (Lipinski definition) is 1. The fourth-order valence-electron chi connectivity index (χ4n) is 2.96. The number of carbonyl (C=O) groups is 1. The van der Waals surface area contributed by atoms with Crippen LogP contribution in [0, 0.1) is 0 Å². The molecular formula is C20H19N5OS. The van der Waals surface area contributed by atoms with Crippen molar-refractivity contribution in [1.82, 2.24) is 19.7 Å². The predicted molar refractivity (Wildman–Crippen MR) is 107 cm³/mol. The summed E-state index contributed by atoms with van der Waals surface area (Å²) in [5.74, 6) is 0.732. The maximum Gasteiger partial charge on any atom is 0.246 e. The summed E-state index contributed by atoms with van der Waals surface area (Å²) in [4.78, 5) is 17.3. The summed E-state index contributed by atoms with van der Waals surface area (Å²) in [7, 11) is 0. The number of rotatable bonds is 6. The van der Waals surface area contributed by atoms with E-state index in [4.69, 9.17) is 4.98 Å². The van der Waals surface area contributed by atoms with Crippen LogP contribution in [0.3, 0.4) is 0 Å². The molecule has 0 radical (unpaired) electrons. The fraction of sp³-hybridized carbons (Fsp3) is 0.200. The van der Waals surface area contributed by atoms with Crippen LogP contribution in [0.5, 0.6) is 0 Å². The lowest BCUT2D eigenvalue weighted by molar-refractivity contribution is -0.116. The van der Waals surface area contributed by atoms with Crippen LogP contribution in [-0.2, 0) is 24.2 Å². The van der Waals surface area contributed by atoms with Gasteiger partial charge in [-0.2, -0.15) is 0 Å². The quantitative estimate of drug-likeness (QED) is 0.556. The number of anilines is 1. The molecule has 7 heteroatoms. The molecule has 4 rings (SSSR count). The molecule has 0 aliphatic rings. The summed E-state index contributed by atoms with van der Waals surface area (Å²) < 4.78 is 1.97. The molecule has 0 atom stereocenters. The average molecular weight is 377 g/mol. The van der Waals surface area contributed by atoms with Gasteiger partial charge in [-0.3, -0.25) is 10.1 Å². The van der Waals surface area contributed by atoms with E-state index in [-0.39, 0.29) is 12.5 Å². The minimum Gasteiger partial charge on any atom is -0.318 e. The third-order valence-electron chi connectivity index (χ3n) is 4.26. The van der Waals surface area contributed by atoms with Gasteiger partial charge in [0.1, 0.15) is 17.4 Å². The van der Waals surface area contributed by atoms with Gasteiger partial charge in [-0.15, -0.1) is 10.2 Å². The SMILES string of the molecule is CCc1nnc(NC(=O)Cn2c(Cc3ccccc3)nc3ccccc32)s1. The van der Waals surface area contributed by atoms with Crippen LogP contribution in [0.4, 0.5) is 5.13 Å². The largest absolute Gasteiger partial charge is 0.318 e. The summed E-state index contributed by atoms with van der Waals surface area (Å²) >= 11 is 1.41. The molecule has 2 aromatic carbocycles. The van der Waals surface area contributed by atoms with Crippen molar-refractivity contribution in [2.45, 2.75) is 26.3 Å². The number of carbonyl (C=O) groups excluding carboxylic acids is 1. The van der Waals surface area contributed by atoms with Gasteiger partial charge >= 0.3 is 0 Å². The lowest BCUT2D eigenvalue weighted by Crippen LogP contribution is -2.20. The highest BCUT2D eigenvalue weighted by Crippen LogP contribution is 2.20. The van der Waals surface area contributed by atoms with Gasteiger partial charge < -0.3 is 4.57 Å². The molecule has 2 aromatic heterocycles. The molecule has 0 saturated heterocycles. The maximum atomic E-state index is 12.6. The molecule has 0 spiro atoms. The Morgan fingerprint density at radius 3 is 2.63 bits per heavy atom. The minimum absolute atomic E-state index is 0.133. The fourth-order valence-corrected chi connectivity index (χ4v) is 3.66. The van der Waals surface area contributed by atoms with Crippen LogP contribution in [0.1, 0.15) is 23.3 Å². The van der Waals surface area contributed by atoms with Crippen LogP contribution in [0.15, 0.2) is 54.6 Å². The van der Waals surface area contributed by atoms with Crippen molar-refractivity contribution in [1.29, 1.82) is 0 Å². The second-order valence-corrected chi connectivity index (χ2v) is 7.23. The van der Waals surface area contributed by atoms with Crippen molar-refractivity contribution in [3.8, 4) is 0 Å².